The van der Waals surface area contributed by atoms with Crippen LogP contribution < -0.4 is 10.6 Å². The Labute approximate surface area is 209 Å². The first kappa shape index (κ1) is 26.4. The number of fused-ring (bicyclic) bond motifs is 1. The molecule has 3 rings (SSSR count). The number of ether oxygens (including phenoxy) is 2. The zero-order chi connectivity index (χ0) is 25.3. The van der Waals surface area contributed by atoms with Crippen LogP contribution in [0.5, 0.6) is 0 Å². The number of unbranched alkanes of at least 4 members (excludes halogenated alkanes) is 1. The Morgan fingerprint density at radius 1 is 1.03 bits per heavy atom. The molecule has 0 fully saturated rings. The number of alkyl carbamates (subject to hydrolysis) is 2. The molecule has 0 aliphatic heterocycles. The van der Waals surface area contributed by atoms with E-state index in [1.165, 1.54) is 11.3 Å². The Bertz CT molecular complexity index is 1060. The van der Waals surface area contributed by atoms with Gasteiger partial charge in [0.2, 0.25) is 0 Å². The molecular formula is C26H33N3O5S. The number of aliphatic hydroxyl groups is 1. The third kappa shape index (κ3) is 8.84. The van der Waals surface area contributed by atoms with Gasteiger partial charge in [0.15, 0.2) is 0 Å². The molecule has 2 amide bonds. The Morgan fingerprint density at radius 2 is 1.74 bits per heavy atom. The predicted octanol–water partition coefficient (Wildman–Crippen LogP) is 5.32. The van der Waals surface area contributed by atoms with Crippen LogP contribution in [0.3, 0.4) is 0 Å². The van der Waals surface area contributed by atoms with Gasteiger partial charge in [0, 0.05) is 6.54 Å². The predicted molar refractivity (Wildman–Crippen MR) is 136 cm³/mol. The molecule has 3 aromatic rings. The summed E-state index contributed by atoms with van der Waals surface area (Å²) in [5, 5.41) is 17.1. The van der Waals surface area contributed by atoms with Crippen molar-refractivity contribution in [2.75, 3.05) is 6.54 Å². The summed E-state index contributed by atoms with van der Waals surface area (Å²) in [4.78, 5) is 28.9. The Hall–Kier alpha value is -3.17. The van der Waals surface area contributed by atoms with Gasteiger partial charge in [-0.2, -0.15) is 0 Å². The number of carbonyl (C=O) groups is 2. The van der Waals surface area contributed by atoms with E-state index in [0.717, 1.165) is 15.8 Å². The van der Waals surface area contributed by atoms with E-state index in [-0.39, 0.29) is 6.61 Å². The van der Waals surface area contributed by atoms with E-state index in [4.69, 9.17) is 9.47 Å². The second-order valence-electron chi connectivity index (χ2n) is 9.20. The van der Waals surface area contributed by atoms with E-state index < -0.39 is 29.9 Å². The van der Waals surface area contributed by atoms with Crippen molar-refractivity contribution in [3.8, 4) is 0 Å². The highest BCUT2D eigenvalue weighted by Crippen LogP contribution is 2.29. The van der Waals surface area contributed by atoms with Gasteiger partial charge in [-0.1, -0.05) is 42.5 Å². The van der Waals surface area contributed by atoms with Crippen LogP contribution in [0.25, 0.3) is 10.2 Å². The monoisotopic (exact) mass is 499 g/mol. The number of aliphatic hydroxyl groups excluding tert-OH is 1. The lowest BCUT2D eigenvalue weighted by Gasteiger charge is -2.23. The van der Waals surface area contributed by atoms with Crippen molar-refractivity contribution in [2.45, 2.75) is 64.4 Å². The highest BCUT2D eigenvalue weighted by Gasteiger charge is 2.26. The number of amides is 2. The Balaban J connectivity index is 1.57. The van der Waals surface area contributed by atoms with Crippen molar-refractivity contribution >= 4 is 33.7 Å². The van der Waals surface area contributed by atoms with Crippen molar-refractivity contribution in [3.05, 3.63) is 65.2 Å². The van der Waals surface area contributed by atoms with Gasteiger partial charge in [0.05, 0.1) is 16.3 Å². The number of thiazole rings is 1. The van der Waals surface area contributed by atoms with Crippen LogP contribution in [-0.4, -0.2) is 40.5 Å². The van der Waals surface area contributed by atoms with Crippen LogP contribution in [-0.2, 0) is 16.1 Å². The van der Waals surface area contributed by atoms with Gasteiger partial charge in [-0.3, -0.25) is 0 Å². The molecule has 9 heteroatoms. The summed E-state index contributed by atoms with van der Waals surface area (Å²) in [6.45, 7) is 5.99. The molecule has 188 valence electrons. The number of aromatic nitrogens is 1. The minimum absolute atomic E-state index is 0.135. The van der Waals surface area contributed by atoms with Crippen LogP contribution >= 0.6 is 11.3 Å². The van der Waals surface area contributed by atoms with E-state index >= 15 is 0 Å². The maximum Gasteiger partial charge on any atom is 0.407 e. The molecule has 8 nitrogen and oxygen atoms in total. The molecule has 2 atom stereocenters. The van der Waals surface area contributed by atoms with Gasteiger partial charge in [0.25, 0.3) is 0 Å². The van der Waals surface area contributed by atoms with Crippen LogP contribution in [0.15, 0.2) is 54.6 Å². The number of para-hydroxylation sites is 1. The van der Waals surface area contributed by atoms with Gasteiger partial charge < -0.3 is 25.2 Å². The van der Waals surface area contributed by atoms with E-state index in [9.17, 15) is 14.7 Å². The Kier molecular flexibility index (Phi) is 9.45. The van der Waals surface area contributed by atoms with E-state index in [1.807, 2.05) is 75.4 Å². The number of carbonyl (C=O) groups excluding carboxylic acids is 2. The van der Waals surface area contributed by atoms with Crippen LogP contribution in [0.1, 0.15) is 56.7 Å². The zero-order valence-corrected chi connectivity index (χ0v) is 21.1. The first-order valence-corrected chi connectivity index (χ1v) is 12.5. The van der Waals surface area contributed by atoms with E-state index in [2.05, 4.69) is 15.6 Å². The maximum atomic E-state index is 12.5. The van der Waals surface area contributed by atoms with Crippen molar-refractivity contribution in [2.24, 2.45) is 0 Å². The lowest BCUT2D eigenvalue weighted by molar-refractivity contribution is 0.0526. The molecule has 0 bridgehead atoms. The fourth-order valence-electron chi connectivity index (χ4n) is 3.41. The highest BCUT2D eigenvalue weighted by molar-refractivity contribution is 7.18. The number of hydrogen-bond donors (Lipinski definition) is 3. The third-order valence-electron chi connectivity index (χ3n) is 5.07. The van der Waals surface area contributed by atoms with E-state index in [0.29, 0.717) is 30.8 Å². The summed E-state index contributed by atoms with van der Waals surface area (Å²) < 4.78 is 11.6. The lowest BCUT2D eigenvalue weighted by Crippen LogP contribution is -2.39. The number of rotatable bonds is 10. The number of hydrogen-bond acceptors (Lipinski definition) is 7. The van der Waals surface area contributed by atoms with Crippen molar-refractivity contribution in [1.82, 2.24) is 15.6 Å². The molecule has 0 spiro atoms. The molecule has 0 radical (unpaired) electrons. The van der Waals surface area contributed by atoms with Gasteiger partial charge in [-0.15, -0.1) is 11.3 Å². The molecule has 1 heterocycles. The summed E-state index contributed by atoms with van der Waals surface area (Å²) in [5.41, 5.74) is 1.12. The van der Waals surface area contributed by atoms with Crippen LogP contribution in [0, 0.1) is 0 Å². The second-order valence-corrected chi connectivity index (χ2v) is 10.3. The number of nitrogens with one attached hydrogen (secondary N) is 2. The lowest BCUT2D eigenvalue weighted by atomic mass is 10.0. The van der Waals surface area contributed by atoms with Gasteiger partial charge in [-0.25, -0.2) is 14.6 Å². The number of benzene rings is 2. The summed E-state index contributed by atoms with van der Waals surface area (Å²) in [5.74, 6) is 0. The standard InChI is InChI=1S/C26H33N3O5S/c1-26(2,3)34-24(31)27-16-10-9-14-20(29-25(32)33-17-18-11-5-4-6-12-18)22(30)23-28-19-13-7-8-15-21(19)35-23/h4-8,11-13,15,20,22,30H,9-10,14,16-17H2,1-3H3,(H,27,31)(H,29,32)/t20-,22?/m0/s1. The topological polar surface area (TPSA) is 110 Å². The summed E-state index contributed by atoms with van der Waals surface area (Å²) in [7, 11) is 0. The summed E-state index contributed by atoms with van der Waals surface area (Å²) in [6.07, 6.45) is -0.273. The first-order valence-electron chi connectivity index (χ1n) is 11.7. The molecule has 0 aliphatic rings. The average Bonchev–Trinajstić information content (AvgIpc) is 3.25. The second kappa shape index (κ2) is 12.5. The van der Waals surface area contributed by atoms with E-state index in [1.54, 1.807) is 0 Å². The van der Waals surface area contributed by atoms with Crippen molar-refractivity contribution in [3.63, 3.8) is 0 Å². The van der Waals surface area contributed by atoms with Crippen LogP contribution in [0.4, 0.5) is 9.59 Å². The third-order valence-corrected chi connectivity index (χ3v) is 6.18. The largest absolute Gasteiger partial charge is 0.445 e. The molecule has 0 saturated heterocycles. The van der Waals surface area contributed by atoms with Gasteiger partial charge >= 0.3 is 12.2 Å². The van der Waals surface area contributed by atoms with Crippen molar-refractivity contribution < 1.29 is 24.2 Å². The molecule has 0 aliphatic carbocycles. The SMILES string of the molecule is CC(C)(C)OC(=O)NCCCC[C@H](NC(=O)OCc1ccccc1)C(O)c1nc2ccccc2s1. The molecular weight excluding hydrogens is 466 g/mol. The molecule has 1 unspecified atom stereocenters. The quantitative estimate of drug-likeness (QED) is 0.326. The molecule has 2 aromatic carbocycles. The summed E-state index contributed by atoms with van der Waals surface area (Å²) >= 11 is 1.40. The fourth-order valence-corrected chi connectivity index (χ4v) is 4.43. The molecule has 3 N–H and O–H groups in total. The molecule has 1 aromatic heterocycles. The molecule has 0 saturated carbocycles. The van der Waals surface area contributed by atoms with Crippen molar-refractivity contribution in [1.29, 1.82) is 0 Å². The first-order chi connectivity index (χ1) is 16.7. The van der Waals surface area contributed by atoms with Crippen LogP contribution in [0.2, 0.25) is 0 Å². The normalized spacial score (nSPS) is 13.1. The highest BCUT2D eigenvalue weighted by atomic mass is 32.1. The van der Waals surface area contributed by atoms with Gasteiger partial charge in [-0.05, 0) is 57.7 Å². The minimum Gasteiger partial charge on any atom is -0.445 e. The van der Waals surface area contributed by atoms with Gasteiger partial charge in [0.1, 0.15) is 23.3 Å². The molecule has 35 heavy (non-hydrogen) atoms. The fraction of sp³-hybridized carbons (Fsp3) is 0.423. The maximum absolute atomic E-state index is 12.5. The smallest absolute Gasteiger partial charge is 0.407 e. The minimum atomic E-state index is -0.990. The number of nitrogens with zero attached hydrogens (tertiary/aromatic N) is 1. The zero-order valence-electron chi connectivity index (χ0n) is 20.3. The summed E-state index contributed by atoms with van der Waals surface area (Å²) in [6, 6.07) is 16.5. The average molecular weight is 500 g/mol. The Morgan fingerprint density at radius 3 is 2.46 bits per heavy atom.